The number of nitrogen functional groups attached to an aromatic ring is 1. The van der Waals surface area contributed by atoms with E-state index in [4.69, 9.17) is 10.8 Å². The zero-order valence-corrected chi connectivity index (χ0v) is 9.85. The van der Waals surface area contributed by atoms with E-state index in [2.05, 4.69) is 0 Å². The molecule has 0 amide bonds. The summed E-state index contributed by atoms with van der Waals surface area (Å²) < 4.78 is 63.0. The molecular weight excluding hydrogens is 273 g/mol. The van der Waals surface area contributed by atoms with E-state index in [0.29, 0.717) is 6.07 Å². The van der Waals surface area contributed by atoms with Gasteiger partial charge in [-0.3, -0.25) is 0 Å². The average molecular weight is 284 g/mol. The summed E-state index contributed by atoms with van der Waals surface area (Å²) in [5.74, 6) is -4.55. The monoisotopic (exact) mass is 284 g/mol. The van der Waals surface area contributed by atoms with Crippen molar-refractivity contribution < 1.29 is 26.7 Å². The van der Waals surface area contributed by atoms with Crippen LogP contribution in [-0.2, 0) is 10.0 Å². The van der Waals surface area contributed by atoms with Crippen molar-refractivity contribution in [2.75, 3.05) is 18.9 Å². The zero-order chi connectivity index (χ0) is 14.0. The van der Waals surface area contributed by atoms with Crippen LogP contribution in [0.4, 0.5) is 18.9 Å². The van der Waals surface area contributed by atoms with Gasteiger partial charge in [0.2, 0.25) is 10.0 Å². The van der Waals surface area contributed by atoms with Gasteiger partial charge in [-0.15, -0.1) is 0 Å². The number of anilines is 1. The van der Waals surface area contributed by atoms with Crippen LogP contribution in [0.3, 0.4) is 0 Å². The van der Waals surface area contributed by atoms with Gasteiger partial charge in [0.25, 0.3) is 5.92 Å². The maximum atomic E-state index is 13.0. The highest BCUT2D eigenvalue weighted by atomic mass is 32.2. The number of benzene rings is 1. The van der Waals surface area contributed by atoms with Crippen molar-refractivity contribution in [2.45, 2.75) is 10.8 Å². The molecule has 0 radical (unpaired) electrons. The Hall–Kier alpha value is -1.32. The highest BCUT2D eigenvalue weighted by Gasteiger charge is 2.30. The number of nitrogens with two attached hydrogens (primary N) is 1. The lowest BCUT2D eigenvalue weighted by Crippen LogP contribution is -2.38. The Kier molecular flexibility index (Phi) is 4.20. The third-order valence-corrected chi connectivity index (χ3v) is 3.43. The van der Waals surface area contributed by atoms with Crippen LogP contribution in [-0.4, -0.2) is 32.6 Å². The van der Waals surface area contributed by atoms with Gasteiger partial charge in [0, 0.05) is 0 Å². The van der Waals surface area contributed by atoms with Crippen LogP contribution < -0.4 is 10.5 Å². The highest BCUT2D eigenvalue weighted by molar-refractivity contribution is 7.89. The molecular formula is C9H11F3N2O3S. The molecule has 1 rings (SSSR count). The molecule has 1 aromatic carbocycles. The second-order valence-electron chi connectivity index (χ2n) is 3.52. The molecule has 1 aromatic rings. The molecule has 0 heterocycles. The van der Waals surface area contributed by atoms with Crippen LogP contribution in [0.1, 0.15) is 0 Å². The molecule has 0 fully saturated rings. The van der Waals surface area contributed by atoms with E-state index >= 15 is 0 Å². The smallest absolute Gasteiger partial charge is 0.283 e. The first-order chi connectivity index (χ1) is 8.18. The van der Waals surface area contributed by atoms with Crippen LogP contribution >= 0.6 is 0 Å². The fraction of sp³-hybridized carbons (Fsp3) is 0.333. The van der Waals surface area contributed by atoms with E-state index in [9.17, 15) is 21.6 Å². The minimum absolute atomic E-state index is 0.255. The summed E-state index contributed by atoms with van der Waals surface area (Å²) in [6.07, 6.45) is 0. The maximum absolute atomic E-state index is 13.0. The molecule has 0 bridgehead atoms. The van der Waals surface area contributed by atoms with Crippen molar-refractivity contribution in [1.82, 2.24) is 4.72 Å². The lowest BCUT2D eigenvalue weighted by atomic mass is 10.3. The first kappa shape index (κ1) is 14.7. The number of aliphatic hydroxyl groups excluding tert-OH is 1. The number of aliphatic hydroxyl groups is 1. The number of sulfonamides is 1. The number of halogens is 3. The van der Waals surface area contributed by atoms with Gasteiger partial charge in [0.05, 0.1) is 17.1 Å². The summed E-state index contributed by atoms with van der Waals surface area (Å²) in [6, 6.07) is 2.61. The van der Waals surface area contributed by atoms with Crippen molar-refractivity contribution in [3.05, 3.63) is 24.0 Å². The second kappa shape index (κ2) is 5.12. The third kappa shape index (κ3) is 3.59. The Bertz CT molecular complexity index is 534. The number of hydrogen-bond acceptors (Lipinski definition) is 4. The lowest BCUT2D eigenvalue weighted by molar-refractivity contribution is -0.0437. The number of alkyl halides is 2. The fourth-order valence-corrected chi connectivity index (χ4v) is 2.09. The van der Waals surface area contributed by atoms with Gasteiger partial charge >= 0.3 is 0 Å². The second-order valence-corrected chi connectivity index (χ2v) is 5.29. The lowest BCUT2D eigenvalue weighted by Gasteiger charge is -2.14. The molecule has 0 unspecified atom stereocenters. The standard InChI is InChI=1S/C9H11F3N2O3S/c10-7-3-6(1-2-8(7)13)18(16,17)14-4-9(11,12)5-15/h1-3,14-15H,4-5,13H2. The van der Waals surface area contributed by atoms with Crippen molar-refractivity contribution in [3.8, 4) is 0 Å². The Labute approximate surface area is 101 Å². The van der Waals surface area contributed by atoms with Gasteiger partial charge in [-0.05, 0) is 18.2 Å². The van der Waals surface area contributed by atoms with Gasteiger partial charge in [0.15, 0.2) is 0 Å². The molecule has 9 heteroatoms. The minimum Gasteiger partial charge on any atom is -0.396 e. The van der Waals surface area contributed by atoms with E-state index in [1.807, 2.05) is 0 Å². The van der Waals surface area contributed by atoms with Crippen molar-refractivity contribution in [1.29, 1.82) is 0 Å². The van der Waals surface area contributed by atoms with Crippen LogP contribution in [0, 0.1) is 5.82 Å². The van der Waals surface area contributed by atoms with E-state index in [0.717, 1.165) is 12.1 Å². The normalized spacial score (nSPS) is 12.7. The van der Waals surface area contributed by atoms with Crippen molar-refractivity contribution in [2.24, 2.45) is 0 Å². The number of rotatable bonds is 5. The van der Waals surface area contributed by atoms with E-state index in [1.165, 1.54) is 0 Å². The Morgan fingerprint density at radius 1 is 1.39 bits per heavy atom. The number of hydrogen-bond donors (Lipinski definition) is 3. The molecule has 0 atom stereocenters. The Morgan fingerprint density at radius 3 is 2.50 bits per heavy atom. The average Bonchev–Trinajstić information content (AvgIpc) is 2.30. The van der Waals surface area contributed by atoms with Gasteiger partial charge in [-0.1, -0.05) is 0 Å². The Morgan fingerprint density at radius 2 is 2.00 bits per heavy atom. The van der Waals surface area contributed by atoms with Crippen LogP contribution in [0.15, 0.2) is 23.1 Å². The Balaban J connectivity index is 2.90. The van der Waals surface area contributed by atoms with Gasteiger partial charge < -0.3 is 10.8 Å². The summed E-state index contributed by atoms with van der Waals surface area (Å²) in [5.41, 5.74) is 4.90. The number of nitrogens with one attached hydrogen (secondary N) is 1. The summed E-state index contributed by atoms with van der Waals surface area (Å²) in [6.45, 7) is -2.77. The molecule has 0 aliphatic rings. The maximum Gasteiger partial charge on any atom is 0.283 e. The largest absolute Gasteiger partial charge is 0.396 e. The molecule has 0 aliphatic heterocycles. The summed E-state index contributed by atoms with van der Waals surface area (Å²) >= 11 is 0. The predicted octanol–water partition coefficient (Wildman–Crippen LogP) is 0.314. The van der Waals surface area contributed by atoms with E-state index in [1.54, 1.807) is 4.72 Å². The minimum atomic E-state index is -4.28. The summed E-state index contributed by atoms with van der Waals surface area (Å²) in [4.78, 5) is -0.525. The summed E-state index contributed by atoms with van der Waals surface area (Å²) in [7, 11) is -4.28. The van der Waals surface area contributed by atoms with Crippen molar-refractivity contribution in [3.63, 3.8) is 0 Å². The molecule has 102 valence electrons. The molecule has 4 N–H and O–H groups in total. The topological polar surface area (TPSA) is 92.4 Å². The molecule has 0 spiro atoms. The first-order valence-corrected chi connectivity index (χ1v) is 6.20. The molecule has 0 saturated heterocycles. The molecule has 0 aromatic heterocycles. The van der Waals surface area contributed by atoms with E-state index in [-0.39, 0.29) is 5.69 Å². The van der Waals surface area contributed by atoms with Crippen molar-refractivity contribution >= 4 is 15.7 Å². The third-order valence-electron chi connectivity index (χ3n) is 2.03. The van der Waals surface area contributed by atoms with Gasteiger partial charge in [-0.2, -0.15) is 0 Å². The molecule has 0 aliphatic carbocycles. The first-order valence-electron chi connectivity index (χ1n) is 4.71. The van der Waals surface area contributed by atoms with Crippen LogP contribution in [0.5, 0.6) is 0 Å². The van der Waals surface area contributed by atoms with Crippen LogP contribution in [0.25, 0.3) is 0 Å². The predicted molar refractivity (Wildman–Crippen MR) is 58.0 cm³/mol. The zero-order valence-electron chi connectivity index (χ0n) is 9.03. The van der Waals surface area contributed by atoms with Gasteiger partial charge in [-0.25, -0.2) is 26.3 Å². The SMILES string of the molecule is Nc1ccc(S(=O)(=O)NCC(F)(F)CO)cc1F. The summed E-state index contributed by atoms with van der Waals surface area (Å²) in [5, 5.41) is 8.28. The van der Waals surface area contributed by atoms with Crippen LogP contribution in [0.2, 0.25) is 0 Å². The van der Waals surface area contributed by atoms with E-state index < -0.39 is 39.8 Å². The molecule has 0 saturated carbocycles. The van der Waals surface area contributed by atoms with Gasteiger partial charge in [0.1, 0.15) is 12.4 Å². The molecule has 5 nitrogen and oxygen atoms in total. The fourth-order valence-electron chi connectivity index (χ4n) is 1.01. The highest BCUT2D eigenvalue weighted by Crippen LogP contribution is 2.17. The molecule has 18 heavy (non-hydrogen) atoms. The quantitative estimate of drug-likeness (QED) is 0.679.